The predicted octanol–water partition coefficient (Wildman–Crippen LogP) is -3.18. The van der Waals surface area contributed by atoms with Crippen molar-refractivity contribution in [2.24, 2.45) is 17.2 Å². The van der Waals surface area contributed by atoms with Crippen LogP contribution in [0.4, 0.5) is 0 Å². The maximum Gasteiger partial charge on any atom is 0.326 e. The lowest BCUT2D eigenvalue weighted by atomic mass is 10.1. The van der Waals surface area contributed by atoms with Crippen LogP contribution in [-0.4, -0.2) is 82.0 Å². The molecule has 0 aliphatic carbocycles. The number of nitrogens with two attached hydrogens (primary N) is 3. The number of hydrogen-bond acceptors (Lipinski definition) is 8. The normalized spacial score (nSPS) is 18.3. The van der Waals surface area contributed by atoms with Crippen molar-refractivity contribution >= 4 is 48.1 Å². The average molecular weight is 475 g/mol. The molecule has 13 nitrogen and oxygen atoms in total. The number of primary amides is 2. The molecule has 32 heavy (non-hydrogen) atoms. The van der Waals surface area contributed by atoms with Crippen LogP contribution >= 0.6 is 12.6 Å². The number of carboxylic acids is 1. The summed E-state index contributed by atoms with van der Waals surface area (Å²) in [5, 5.41) is 14.1. The molecular weight excluding hydrogens is 444 g/mol. The number of nitrogens with one attached hydrogen (secondary N) is 2. The van der Waals surface area contributed by atoms with Gasteiger partial charge < -0.3 is 37.8 Å². The molecule has 1 aliphatic rings. The number of carbonyl (C=O) groups is 6. The Morgan fingerprint density at radius 1 is 0.969 bits per heavy atom. The molecule has 0 aromatic heterocycles. The first-order chi connectivity index (χ1) is 15.0. The van der Waals surface area contributed by atoms with Gasteiger partial charge in [-0.2, -0.15) is 12.6 Å². The van der Waals surface area contributed by atoms with Crippen molar-refractivity contribution in [3.63, 3.8) is 0 Å². The van der Waals surface area contributed by atoms with E-state index in [1.807, 2.05) is 0 Å². The SMILES string of the molecule is NC(=O)CCC(N)C(=O)NC(CS)C(=O)NC(CCC(N)=O)C(=O)N1CCCC1C(=O)O. The summed E-state index contributed by atoms with van der Waals surface area (Å²) in [7, 11) is 0. The van der Waals surface area contributed by atoms with Gasteiger partial charge in [-0.25, -0.2) is 4.79 Å². The standard InChI is InChI=1S/C18H30N6O7S/c19-9(3-5-13(20)25)15(27)23-11(8-32)16(28)22-10(4-6-14(21)26)17(29)24-7-1-2-12(24)18(30)31/h9-12,32H,1-8,19H2,(H2,20,25)(H2,21,26)(H,22,28)(H,23,27)(H,30,31). The van der Waals surface area contributed by atoms with Gasteiger partial charge in [0, 0.05) is 25.1 Å². The number of rotatable bonds is 13. The number of thiol groups is 1. The fourth-order valence-electron chi connectivity index (χ4n) is 3.21. The number of hydrogen-bond donors (Lipinski definition) is 7. The Balaban J connectivity index is 2.87. The second-order valence-corrected chi connectivity index (χ2v) is 7.81. The van der Waals surface area contributed by atoms with Gasteiger partial charge >= 0.3 is 5.97 Å². The van der Waals surface area contributed by atoms with Crippen LogP contribution in [0.2, 0.25) is 0 Å². The van der Waals surface area contributed by atoms with E-state index >= 15 is 0 Å². The minimum atomic E-state index is -1.22. The molecule has 1 saturated heterocycles. The van der Waals surface area contributed by atoms with Crippen molar-refractivity contribution in [2.75, 3.05) is 12.3 Å². The van der Waals surface area contributed by atoms with Crippen LogP contribution in [0.5, 0.6) is 0 Å². The molecule has 1 fully saturated rings. The van der Waals surface area contributed by atoms with E-state index in [4.69, 9.17) is 17.2 Å². The zero-order valence-electron chi connectivity index (χ0n) is 17.5. The van der Waals surface area contributed by atoms with E-state index < -0.39 is 59.7 Å². The van der Waals surface area contributed by atoms with Gasteiger partial charge in [-0.15, -0.1) is 0 Å². The first kappa shape index (κ1) is 27.2. The van der Waals surface area contributed by atoms with E-state index in [0.717, 1.165) is 4.90 Å². The van der Waals surface area contributed by atoms with Crippen molar-refractivity contribution in [3.05, 3.63) is 0 Å². The summed E-state index contributed by atoms with van der Waals surface area (Å²) >= 11 is 4.03. The van der Waals surface area contributed by atoms with Crippen LogP contribution in [0.25, 0.3) is 0 Å². The lowest BCUT2D eigenvalue weighted by Crippen LogP contribution is -2.57. The smallest absolute Gasteiger partial charge is 0.326 e. The predicted molar refractivity (Wildman–Crippen MR) is 115 cm³/mol. The zero-order chi connectivity index (χ0) is 24.4. The molecule has 180 valence electrons. The fourth-order valence-corrected chi connectivity index (χ4v) is 3.46. The molecule has 14 heteroatoms. The molecule has 5 amide bonds. The lowest BCUT2D eigenvalue weighted by Gasteiger charge is -2.28. The van der Waals surface area contributed by atoms with Crippen LogP contribution in [0, 0.1) is 0 Å². The van der Waals surface area contributed by atoms with Gasteiger partial charge in [0.05, 0.1) is 6.04 Å². The summed E-state index contributed by atoms with van der Waals surface area (Å²) in [6, 6.07) is -4.52. The van der Waals surface area contributed by atoms with Gasteiger partial charge in [0.2, 0.25) is 29.5 Å². The average Bonchev–Trinajstić information content (AvgIpc) is 3.22. The van der Waals surface area contributed by atoms with Crippen LogP contribution in [-0.2, 0) is 28.8 Å². The topological polar surface area (TPSA) is 228 Å². The molecule has 4 unspecified atom stereocenters. The fraction of sp³-hybridized carbons (Fsp3) is 0.667. The third-order valence-electron chi connectivity index (χ3n) is 4.97. The molecular formula is C18H30N6O7S. The molecule has 0 radical (unpaired) electrons. The molecule has 1 aliphatic heterocycles. The number of nitrogens with zero attached hydrogens (tertiary/aromatic N) is 1. The first-order valence-electron chi connectivity index (χ1n) is 10.0. The number of amides is 5. The van der Waals surface area contributed by atoms with E-state index in [0.29, 0.717) is 6.42 Å². The monoisotopic (exact) mass is 474 g/mol. The highest BCUT2D eigenvalue weighted by Gasteiger charge is 2.38. The van der Waals surface area contributed by atoms with Crippen molar-refractivity contribution in [1.82, 2.24) is 15.5 Å². The summed E-state index contributed by atoms with van der Waals surface area (Å²) in [5.41, 5.74) is 15.9. The summed E-state index contributed by atoms with van der Waals surface area (Å²) < 4.78 is 0. The highest BCUT2D eigenvalue weighted by Crippen LogP contribution is 2.19. The van der Waals surface area contributed by atoms with Crippen molar-refractivity contribution in [3.8, 4) is 0 Å². The van der Waals surface area contributed by atoms with E-state index in [-0.39, 0.29) is 44.4 Å². The third-order valence-corrected chi connectivity index (χ3v) is 5.33. The maximum absolute atomic E-state index is 12.9. The second kappa shape index (κ2) is 12.9. The summed E-state index contributed by atoms with van der Waals surface area (Å²) in [6.45, 7) is 0.195. The Kier molecular flexibility index (Phi) is 10.9. The van der Waals surface area contributed by atoms with Crippen LogP contribution < -0.4 is 27.8 Å². The molecule has 4 atom stereocenters. The van der Waals surface area contributed by atoms with Crippen LogP contribution in [0.1, 0.15) is 38.5 Å². The van der Waals surface area contributed by atoms with Gasteiger partial charge in [0.15, 0.2) is 0 Å². The van der Waals surface area contributed by atoms with E-state index in [1.54, 1.807) is 0 Å². The summed E-state index contributed by atoms with van der Waals surface area (Å²) in [5.74, 6) is -4.79. The van der Waals surface area contributed by atoms with Gasteiger partial charge in [-0.3, -0.25) is 24.0 Å². The van der Waals surface area contributed by atoms with Crippen molar-refractivity contribution in [1.29, 1.82) is 0 Å². The highest BCUT2D eigenvalue weighted by molar-refractivity contribution is 7.80. The Hall–Kier alpha value is -2.87. The van der Waals surface area contributed by atoms with Crippen molar-refractivity contribution in [2.45, 2.75) is 62.7 Å². The van der Waals surface area contributed by atoms with Crippen LogP contribution in [0.15, 0.2) is 0 Å². The maximum atomic E-state index is 12.9. The largest absolute Gasteiger partial charge is 0.480 e. The molecule has 0 saturated carbocycles. The van der Waals surface area contributed by atoms with E-state index in [2.05, 4.69) is 23.3 Å². The molecule has 1 heterocycles. The molecule has 1 rings (SSSR count). The van der Waals surface area contributed by atoms with Crippen molar-refractivity contribution < 1.29 is 33.9 Å². The Bertz CT molecular complexity index is 749. The molecule has 0 bridgehead atoms. The third kappa shape index (κ3) is 8.34. The van der Waals surface area contributed by atoms with Crippen LogP contribution in [0.3, 0.4) is 0 Å². The van der Waals surface area contributed by atoms with Gasteiger partial charge in [-0.05, 0) is 25.7 Å². The zero-order valence-corrected chi connectivity index (χ0v) is 18.4. The lowest BCUT2D eigenvalue weighted by molar-refractivity contribution is -0.149. The number of carbonyl (C=O) groups excluding carboxylic acids is 5. The number of aliphatic carboxylic acids is 1. The quantitative estimate of drug-likeness (QED) is 0.134. The first-order valence-corrected chi connectivity index (χ1v) is 10.7. The minimum absolute atomic E-state index is 0.0205. The molecule has 0 aromatic rings. The molecule has 0 spiro atoms. The van der Waals surface area contributed by atoms with Gasteiger partial charge in [0.1, 0.15) is 18.1 Å². The highest BCUT2D eigenvalue weighted by atomic mass is 32.1. The second-order valence-electron chi connectivity index (χ2n) is 7.45. The summed E-state index contributed by atoms with van der Waals surface area (Å²) in [6.07, 6.45) is 0.254. The molecule has 9 N–H and O–H groups in total. The van der Waals surface area contributed by atoms with E-state index in [1.165, 1.54) is 0 Å². The van der Waals surface area contributed by atoms with Gasteiger partial charge in [0.25, 0.3) is 0 Å². The van der Waals surface area contributed by atoms with Gasteiger partial charge in [-0.1, -0.05) is 0 Å². The van der Waals surface area contributed by atoms with E-state index in [9.17, 15) is 33.9 Å². The Morgan fingerprint density at radius 3 is 2.06 bits per heavy atom. The number of likely N-dealkylation sites (tertiary alicyclic amines) is 1. The Labute approximate surface area is 190 Å². The Morgan fingerprint density at radius 2 is 1.53 bits per heavy atom. The summed E-state index contributed by atoms with van der Waals surface area (Å²) in [4.78, 5) is 72.4. The number of carboxylic acid groups (broad SMARTS) is 1. The molecule has 0 aromatic carbocycles. The minimum Gasteiger partial charge on any atom is -0.480 e.